The van der Waals surface area contributed by atoms with Gasteiger partial charge in [0.25, 0.3) is 0 Å². The summed E-state index contributed by atoms with van der Waals surface area (Å²) in [6.07, 6.45) is 4.36. The number of hydrogen-bond donors (Lipinski definition) is 8. The first-order valence-electron chi connectivity index (χ1n) is 17.5. The van der Waals surface area contributed by atoms with Crippen LogP contribution in [0.25, 0.3) is 32.9 Å². The third-order valence-electron chi connectivity index (χ3n) is 9.01. The number of carbonyl (C=O) groups is 2. The Balaban J connectivity index is 1.17. The van der Waals surface area contributed by atoms with Crippen molar-refractivity contribution in [1.82, 2.24) is 30.6 Å². The van der Waals surface area contributed by atoms with Crippen molar-refractivity contribution in [2.45, 2.75) is 52.0 Å². The van der Waals surface area contributed by atoms with Crippen molar-refractivity contribution in [2.75, 3.05) is 23.7 Å². The Labute approximate surface area is 311 Å². The van der Waals surface area contributed by atoms with Gasteiger partial charge < -0.3 is 41.7 Å². The number of aliphatic carboxylic acids is 2. The summed E-state index contributed by atoms with van der Waals surface area (Å²) in [6.45, 7) is 5.30. The van der Waals surface area contributed by atoms with Gasteiger partial charge in [-0.15, -0.1) is 0 Å². The fourth-order valence-electron chi connectivity index (χ4n) is 6.28. The highest BCUT2D eigenvalue weighted by Crippen LogP contribution is 2.36. The normalized spacial score (nSPS) is 12.4. The molecule has 8 N–H and O–H groups in total. The summed E-state index contributed by atoms with van der Waals surface area (Å²) in [6, 6.07) is 19.9. The Morgan fingerprint density at radius 3 is 1.46 bits per heavy atom. The third-order valence-corrected chi connectivity index (χ3v) is 9.01. The number of carboxylic acid groups (broad SMARTS) is 2. The minimum absolute atomic E-state index is 0.159. The molecule has 0 saturated heterocycles. The first-order valence-corrected chi connectivity index (χ1v) is 17.5. The number of nitrogens with one attached hydrogen (secondary N) is 4. The Kier molecular flexibility index (Phi) is 12.0. The number of benzene rings is 2. The van der Waals surface area contributed by atoms with Crippen molar-refractivity contribution in [2.24, 2.45) is 0 Å². The first-order chi connectivity index (χ1) is 26.0. The van der Waals surface area contributed by atoms with Crippen LogP contribution in [0.4, 0.5) is 23.0 Å². The summed E-state index contributed by atoms with van der Waals surface area (Å²) >= 11 is 0. The number of anilines is 4. The highest BCUT2D eigenvalue weighted by molar-refractivity contribution is 5.92. The van der Waals surface area contributed by atoms with Crippen LogP contribution < -0.4 is 21.3 Å². The van der Waals surface area contributed by atoms with Gasteiger partial charge in [0, 0.05) is 73.1 Å². The van der Waals surface area contributed by atoms with Gasteiger partial charge >= 0.3 is 11.9 Å². The van der Waals surface area contributed by atoms with E-state index in [-0.39, 0.29) is 25.9 Å². The van der Waals surface area contributed by atoms with Crippen LogP contribution in [-0.4, -0.2) is 77.6 Å². The molecule has 0 saturated carbocycles. The van der Waals surface area contributed by atoms with Crippen LogP contribution in [0.5, 0.6) is 0 Å². The maximum Gasteiger partial charge on any atom is 0.306 e. The maximum atomic E-state index is 10.8. The van der Waals surface area contributed by atoms with E-state index in [2.05, 4.69) is 67.2 Å². The average molecular weight is 731 g/mol. The number of rotatable bonds is 17. The first kappa shape index (κ1) is 37.7. The number of aromatic nitrogens is 4. The molecule has 2 atom stereocenters. The van der Waals surface area contributed by atoms with Gasteiger partial charge in [-0.05, 0) is 83.6 Å². The lowest BCUT2D eigenvalue weighted by atomic mass is 9.94. The smallest absolute Gasteiger partial charge is 0.306 e. The summed E-state index contributed by atoms with van der Waals surface area (Å²) in [4.78, 5) is 40.2. The molecule has 0 unspecified atom stereocenters. The van der Waals surface area contributed by atoms with Crippen LogP contribution in [0.2, 0.25) is 0 Å². The van der Waals surface area contributed by atoms with E-state index in [0.717, 1.165) is 55.5 Å². The van der Waals surface area contributed by atoms with E-state index in [4.69, 9.17) is 10.2 Å². The topological polar surface area (TPSA) is 215 Å². The second-order valence-electron chi connectivity index (χ2n) is 13.1. The number of fused-ring (bicyclic) bond motifs is 2. The minimum atomic E-state index is -1.04. The van der Waals surface area contributed by atoms with Gasteiger partial charge in [-0.2, -0.15) is 0 Å². The number of aliphatic hydroxyl groups is 2. The molecule has 0 aliphatic carbocycles. The molecular weight excluding hydrogens is 688 g/mol. The van der Waals surface area contributed by atoms with Crippen molar-refractivity contribution in [3.8, 4) is 11.1 Å². The summed E-state index contributed by atoms with van der Waals surface area (Å²) in [5.41, 5.74) is 9.09. The second kappa shape index (κ2) is 17.2. The van der Waals surface area contributed by atoms with Gasteiger partial charge in [-0.25, -0.2) is 9.97 Å². The highest BCUT2D eigenvalue weighted by atomic mass is 16.4. The number of hydrogen-bond acceptors (Lipinski definition) is 12. The summed E-state index contributed by atoms with van der Waals surface area (Å²) < 4.78 is 0. The standard InChI is InChI=1S/C40H42N8O6/c1-23-31(5-3-7-33(23)47-39-37-27(9-11-43-39)13-25(19-45-37)17-41-21-29(49)15-35(51)52)32-6-4-8-34(24(32)2)48-40-38-28(10-12-44-40)14-26(20-46-38)18-42-22-30(50)16-36(53)54/h3-14,19-20,29-30,41-42,49-50H,15-18,21-22H2,1-2H3,(H,43,47)(H,44,48)(H,51,52)(H,53,54)/t29-,30-/m0/s1. The quantitative estimate of drug-likeness (QED) is 0.0606. The SMILES string of the molecule is Cc1c(Nc2nccc3cc(CNC[C@@H](O)CC(=O)O)cnc23)cccc1-c1cccc(Nc2nccc3cc(CNC[C@@H](O)CC(=O)O)cnc23)c1C. The molecule has 6 aromatic rings. The van der Waals surface area contributed by atoms with E-state index in [1.807, 2.05) is 48.5 Å². The molecule has 0 spiro atoms. The van der Waals surface area contributed by atoms with Crippen molar-refractivity contribution in [3.05, 3.63) is 108 Å². The Bertz CT molecular complexity index is 2140. The molecule has 4 aromatic heterocycles. The van der Waals surface area contributed by atoms with E-state index in [0.29, 0.717) is 35.8 Å². The van der Waals surface area contributed by atoms with Gasteiger partial charge in [0.15, 0.2) is 11.6 Å². The fraction of sp³-hybridized carbons (Fsp3) is 0.250. The summed E-state index contributed by atoms with van der Waals surface area (Å²) in [5.74, 6) is -0.866. The van der Waals surface area contributed by atoms with Crippen molar-refractivity contribution in [3.63, 3.8) is 0 Å². The third kappa shape index (κ3) is 9.29. The molecule has 0 bridgehead atoms. The van der Waals surface area contributed by atoms with E-state index in [9.17, 15) is 19.8 Å². The predicted octanol–water partition coefficient (Wildman–Crippen LogP) is 5.19. The molecule has 0 aliphatic rings. The number of carboxylic acids is 2. The van der Waals surface area contributed by atoms with Crippen LogP contribution in [0.3, 0.4) is 0 Å². The molecular formula is C40H42N8O6. The Morgan fingerprint density at radius 1 is 0.630 bits per heavy atom. The second-order valence-corrected chi connectivity index (χ2v) is 13.1. The molecule has 2 aromatic carbocycles. The van der Waals surface area contributed by atoms with Crippen LogP contribution in [0.15, 0.2) is 85.5 Å². The van der Waals surface area contributed by atoms with Crippen LogP contribution in [0.1, 0.15) is 35.1 Å². The van der Waals surface area contributed by atoms with E-state index >= 15 is 0 Å². The number of nitrogens with zero attached hydrogens (tertiary/aromatic N) is 4. The Hall–Kier alpha value is -6.06. The minimum Gasteiger partial charge on any atom is -0.481 e. The van der Waals surface area contributed by atoms with Crippen molar-refractivity contribution in [1.29, 1.82) is 0 Å². The highest BCUT2D eigenvalue weighted by Gasteiger charge is 2.15. The molecule has 6 rings (SSSR count). The molecule has 0 fully saturated rings. The lowest BCUT2D eigenvalue weighted by molar-refractivity contribution is -0.140. The number of aliphatic hydroxyl groups excluding tert-OH is 2. The molecule has 4 heterocycles. The molecule has 0 radical (unpaired) electrons. The van der Waals surface area contributed by atoms with E-state index < -0.39 is 24.1 Å². The van der Waals surface area contributed by atoms with Gasteiger partial charge in [-0.3, -0.25) is 19.6 Å². The lowest BCUT2D eigenvalue weighted by Crippen LogP contribution is -2.28. The van der Waals surface area contributed by atoms with Crippen molar-refractivity contribution < 1.29 is 30.0 Å². The molecule has 278 valence electrons. The predicted molar refractivity (Wildman–Crippen MR) is 207 cm³/mol. The van der Waals surface area contributed by atoms with E-state index in [1.165, 1.54) is 0 Å². The molecule has 14 heteroatoms. The molecule has 0 aliphatic heterocycles. The molecule has 54 heavy (non-hydrogen) atoms. The van der Waals surface area contributed by atoms with Crippen LogP contribution >= 0.6 is 0 Å². The maximum absolute atomic E-state index is 10.8. The number of pyridine rings is 4. The van der Waals surface area contributed by atoms with Gasteiger partial charge in [-0.1, -0.05) is 24.3 Å². The average Bonchev–Trinajstić information content (AvgIpc) is 3.13. The van der Waals surface area contributed by atoms with E-state index in [1.54, 1.807) is 24.8 Å². The molecule has 0 amide bonds. The summed E-state index contributed by atoms with van der Waals surface area (Å²) in [7, 11) is 0. The van der Waals surface area contributed by atoms with Crippen molar-refractivity contribution >= 4 is 56.8 Å². The fourth-order valence-corrected chi connectivity index (χ4v) is 6.28. The summed E-state index contributed by atoms with van der Waals surface area (Å²) in [5, 5.41) is 52.3. The lowest BCUT2D eigenvalue weighted by Gasteiger charge is -2.18. The van der Waals surface area contributed by atoms with Crippen LogP contribution in [0, 0.1) is 13.8 Å². The molecule has 14 nitrogen and oxygen atoms in total. The van der Waals surface area contributed by atoms with Gasteiger partial charge in [0.05, 0.1) is 25.0 Å². The Morgan fingerprint density at radius 2 is 1.06 bits per heavy atom. The zero-order chi connectivity index (χ0) is 38.2. The van der Waals surface area contributed by atoms with Gasteiger partial charge in [0.2, 0.25) is 0 Å². The monoisotopic (exact) mass is 730 g/mol. The zero-order valence-corrected chi connectivity index (χ0v) is 29.9. The van der Waals surface area contributed by atoms with Gasteiger partial charge in [0.1, 0.15) is 11.0 Å². The zero-order valence-electron chi connectivity index (χ0n) is 29.9. The largest absolute Gasteiger partial charge is 0.481 e. The van der Waals surface area contributed by atoms with Crippen LogP contribution in [-0.2, 0) is 22.7 Å².